The summed E-state index contributed by atoms with van der Waals surface area (Å²) < 4.78 is 5.57. The van der Waals surface area contributed by atoms with Crippen LogP contribution in [0.15, 0.2) is 41.7 Å². The first kappa shape index (κ1) is 19.4. The van der Waals surface area contributed by atoms with Gasteiger partial charge in [-0.15, -0.1) is 11.3 Å². The second-order valence-electron chi connectivity index (χ2n) is 7.32. The Bertz CT molecular complexity index is 971. The van der Waals surface area contributed by atoms with Crippen LogP contribution in [0.4, 0.5) is 0 Å². The van der Waals surface area contributed by atoms with Gasteiger partial charge < -0.3 is 4.74 Å². The number of ether oxygens (including phenoxy) is 1. The first-order valence-electron chi connectivity index (χ1n) is 9.78. The zero-order chi connectivity index (χ0) is 19.5. The second-order valence-corrected chi connectivity index (χ2v) is 9.59. The Hall–Kier alpha value is -1.92. The molecule has 0 radical (unpaired) electrons. The number of esters is 1. The average Bonchev–Trinajstić information content (AvgIpc) is 3.09. The number of rotatable bonds is 6. The van der Waals surface area contributed by atoms with Crippen LogP contribution >= 0.6 is 23.1 Å². The predicted octanol–water partition coefficient (Wildman–Crippen LogP) is 5.43. The summed E-state index contributed by atoms with van der Waals surface area (Å²) in [6.45, 7) is 4.64. The lowest BCUT2D eigenvalue weighted by Gasteiger charge is -2.18. The van der Waals surface area contributed by atoms with Crippen LogP contribution in [-0.2, 0) is 29.0 Å². The number of thiophene rings is 1. The molecule has 2 atom stereocenters. The molecule has 0 bridgehead atoms. The van der Waals surface area contributed by atoms with Gasteiger partial charge in [-0.1, -0.05) is 55.9 Å². The van der Waals surface area contributed by atoms with E-state index in [0.29, 0.717) is 13.0 Å². The molecule has 0 N–H and O–H groups in total. The predicted molar refractivity (Wildman–Crippen MR) is 115 cm³/mol. The van der Waals surface area contributed by atoms with Gasteiger partial charge in [-0.25, -0.2) is 9.97 Å². The van der Waals surface area contributed by atoms with Crippen LogP contribution in [0.5, 0.6) is 0 Å². The Morgan fingerprint density at radius 2 is 2.14 bits per heavy atom. The van der Waals surface area contributed by atoms with Gasteiger partial charge in [0.05, 0.1) is 0 Å². The fourth-order valence-electron chi connectivity index (χ4n) is 3.59. The van der Waals surface area contributed by atoms with Crippen molar-refractivity contribution in [3.63, 3.8) is 0 Å². The summed E-state index contributed by atoms with van der Waals surface area (Å²) >= 11 is 3.31. The second kappa shape index (κ2) is 8.62. The van der Waals surface area contributed by atoms with Gasteiger partial charge in [0, 0.05) is 10.3 Å². The average molecular weight is 413 g/mol. The van der Waals surface area contributed by atoms with Crippen molar-refractivity contribution in [2.45, 2.75) is 56.4 Å². The van der Waals surface area contributed by atoms with Gasteiger partial charge in [-0.05, 0) is 42.7 Å². The maximum absolute atomic E-state index is 12.7. The fourth-order valence-corrected chi connectivity index (χ4v) is 6.05. The van der Waals surface area contributed by atoms with E-state index in [-0.39, 0.29) is 11.2 Å². The largest absolute Gasteiger partial charge is 0.460 e. The van der Waals surface area contributed by atoms with Crippen molar-refractivity contribution in [2.24, 2.45) is 5.92 Å². The number of aromatic nitrogens is 2. The maximum atomic E-state index is 12.7. The number of thioether (sulfide) groups is 1. The van der Waals surface area contributed by atoms with E-state index >= 15 is 0 Å². The summed E-state index contributed by atoms with van der Waals surface area (Å²) in [6, 6.07) is 9.79. The molecule has 0 saturated heterocycles. The van der Waals surface area contributed by atoms with Crippen LogP contribution in [0.2, 0.25) is 0 Å². The van der Waals surface area contributed by atoms with Gasteiger partial charge >= 0.3 is 5.97 Å². The van der Waals surface area contributed by atoms with Gasteiger partial charge in [0.15, 0.2) is 0 Å². The zero-order valence-electron chi connectivity index (χ0n) is 16.2. The van der Waals surface area contributed by atoms with Gasteiger partial charge in [0.2, 0.25) is 0 Å². The monoisotopic (exact) mass is 412 g/mol. The summed E-state index contributed by atoms with van der Waals surface area (Å²) in [6.07, 6.45) is 5.73. The van der Waals surface area contributed by atoms with Gasteiger partial charge in [0.25, 0.3) is 0 Å². The number of nitrogens with zero attached hydrogens (tertiary/aromatic N) is 2. The molecule has 146 valence electrons. The van der Waals surface area contributed by atoms with E-state index in [2.05, 4.69) is 16.9 Å². The molecule has 0 aliphatic heterocycles. The topological polar surface area (TPSA) is 52.1 Å². The summed E-state index contributed by atoms with van der Waals surface area (Å²) in [5.74, 6) is 0.543. The molecule has 1 aromatic carbocycles. The Balaban J connectivity index is 1.53. The molecule has 3 aromatic rings. The van der Waals surface area contributed by atoms with E-state index in [1.165, 1.54) is 28.6 Å². The number of fused-ring (bicyclic) bond motifs is 3. The molecule has 1 aliphatic carbocycles. The normalized spacial score (nSPS) is 17.3. The third-order valence-corrected chi connectivity index (χ3v) is 7.67. The fraction of sp³-hybridized carbons (Fsp3) is 0.409. The molecule has 2 aromatic heterocycles. The zero-order valence-corrected chi connectivity index (χ0v) is 17.8. The van der Waals surface area contributed by atoms with E-state index in [1.54, 1.807) is 17.7 Å². The maximum Gasteiger partial charge on any atom is 0.319 e. The molecule has 1 aliphatic rings. The minimum Gasteiger partial charge on any atom is -0.460 e. The number of carbonyl (C=O) groups is 1. The summed E-state index contributed by atoms with van der Waals surface area (Å²) in [5.41, 5.74) is 2.40. The first-order chi connectivity index (χ1) is 13.7. The van der Waals surface area contributed by atoms with Crippen molar-refractivity contribution in [3.8, 4) is 0 Å². The number of hydrogen-bond acceptors (Lipinski definition) is 6. The van der Waals surface area contributed by atoms with Crippen LogP contribution in [0.25, 0.3) is 10.2 Å². The summed E-state index contributed by atoms with van der Waals surface area (Å²) in [5, 5.41) is 1.81. The Kier molecular flexibility index (Phi) is 5.97. The molecule has 0 amide bonds. The molecular weight excluding hydrogens is 388 g/mol. The van der Waals surface area contributed by atoms with Crippen LogP contribution in [0.1, 0.15) is 42.7 Å². The van der Waals surface area contributed by atoms with Crippen molar-refractivity contribution < 1.29 is 9.53 Å². The Morgan fingerprint density at radius 1 is 1.32 bits per heavy atom. The number of hydrogen-bond donors (Lipinski definition) is 0. The van der Waals surface area contributed by atoms with Crippen molar-refractivity contribution in [1.29, 1.82) is 0 Å². The lowest BCUT2D eigenvalue weighted by molar-refractivity contribution is -0.144. The van der Waals surface area contributed by atoms with Crippen LogP contribution in [0.3, 0.4) is 0 Å². The molecule has 2 heterocycles. The van der Waals surface area contributed by atoms with Crippen LogP contribution in [-0.4, -0.2) is 21.2 Å². The SMILES string of the molecule is CC[C@H](Sc1ncnc2sc3c(c12)CC[C@@H](C)C3)C(=O)OCc1ccccc1. The number of aryl methyl sites for hydroxylation is 1. The highest BCUT2D eigenvalue weighted by atomic mass is 32.2. The van der Waals surface area contributed by atoms with Crippen LogP contribution < -0.4 is 0 Å². The molecule has 28 heavy (non-hydrogen) atoms. The molecule has 0 fully saturated rings. The highest BCUT2D eigenvalue weighted by Crippen LogP contribution is 2.41. The quantitative estimate of drug-likeness (QED) is 0.307. The molecule has 4 rings (SSSR count). The summed E-state index contributed by atoms with van der Waals surface area (Å²) in [7, 11) is 0. The summed E-state index contributed by atoms with van der Waals surface area (Å²) in [4.78, 5) is 24.2. The standard InChI is InChI=1S/C22H24N2O2S2/c1-3-17(22(25)26-12-15-7-5-4-6-8-15)27-20-19-16-10-9-14(2)11-18(16)28-21(19)24-13-23-20/h4-8,13-14,17H,3,9-12H2,1-2H3/t14-,17+/m1/s1. The molecule has 0 saturated carbocycles. The molecule has 4 nitrogen and oxygen atoms in total. The van der Waals surface area contributed by atoms with Gasteiger partial charge in [0.1, 0.15) is 28.0 Å². The van der Waals surface area contributed by atoms with Crippen molar-refractivity contribution in [3.05, 3.63) is 52.7 Å². The Morgan fingerprint density at radius 3 is 2.93 bits per heavy atom. The minimum absolute atomic E-state index is 0.180. The van der Waals surface area contributed by atoms with Crippen LogP contribution in [0, 0.1) is 5.92 Å². The highest BCUT2D eigenvalue weighted by Gasteiger charge is 2.26. The molecule has 6 heteroatoms. The van der Waals surface area contributed by atoms with E-state index < -0.39 is 0 Å². The van der Waals surface area contributed by atoms with E-state index in [0.717, 1.165) is 39.6 Å². The molecule has 0 unspecified atom stereocenters. The Labute approximate surface area is 173 Å². The lowest BCUT2D eigenvalue weighted by atomic mass is 9.89. The molecule has 0 spiro atoms. The molecular formula is C22H24N2O2S2. The van der Waals surface area contributed by atoms with Gasteiger partial charge in [-0.3, -0.25) is 4.79 Å². The smallest absolute Gasteiger partial charge is 0.319 e. The highest BCUT2D eigenvalue weighted by molar-refractivity contribution is 8.00. The van der Waals surface area contributed by atoms with Gasteiger partial charge in [-0.2, -0.15) is 0 Å². The number of carbonyl (C=O) groups excluding carboxylic acids is 1. The number of benzene rings is 1. The van der Waals surface area contributed by atoms with Crippen molar-refractivity contribution in [2.75, 3.05) is 0 Å². The van der Waals surface area contributed by atoms with E-state index in [1.807, 2.05) is 37.3 Å². The van der Waals surface area contributed by atoms with E-state index in [9.17, 15) is 4.79 Å². The first-order valence-corrected chi connectivity index (χ1v) is 11.5. The van der Waals surface area contributed by atoms with E-state index in [4.69, 9.17) is 4.74 Å². The van der Waals surface area contributed by atoms with Crippen molar-refractivity contribution >= 4 is 39.3 Å². The van der Waals surface area contributed by atoms with Crippen molar-refractivity contribution in [1.82, 2.24) is 9.97 Å². The third kappa shape index (κ3) is 4.08. The third-order valence-electron chi connectivity index (χ3n) is 5.17. The minimum atomic E-state index is -0.264. The lowest BCUT2D eigenvalue weighted by Crippen LogP contribution is -2.19.